The van der Waals surface area contributed by atoms with Crippen LogP contribution < -0.4 is 5.32 Å². The number of hydrogen-bond acceptors (Lipinski definition) is 2. The van der Waals surface area contributed by atoms with Crippen molar-refractivity contribution < 1.29 is 9.59 Å². The first-order valence-corrected chi connectivity index (χ1v) is 8.20. The molecule has 4 heteroatoms. The lowest BCUT2D eigenvalue weighted by Crippen LogP contribution is -2.32. The van der Waals surface area contributed by atoms with E-state index >= 15 is 0 Å². The molecule has 0 bridgehead atoms. The highest BCUT2D eigenvalue weighted by Gasteiger charge is 2.48. The number of amides is 2. The van der Waals surface area contributed by atoms with Gasteiger partial charge >= 0.3 is 0 Å². The van der Waals surface area contributed by atoms with Crippen LogP contribution in [0.5, 0.6) is 0 Å². The summed E-state index contributed by atoms with van der Waals surface area (Å²) in [4.78, 5) is 26.0. The average Bonchev–Trinajstić information content (AvgIpc) is 3.33. The first-order chi connectivity index (χ1) is 10.6. The molecule has 1 fully saturated rings. The summed E-state index contributed by atoms with van der Waals surface area (Å²) in [7, 11) is 1.83. The number of nitrogens with one attached hydrogen (secondary N) is 1. The Kier molecular flexibility index (Phi) is 5.99. The molecule has 1 aromatic rings. The molecule has 2 atom stereocenters. The molecule has 1 aromatic carbocycles. The number of rotatable bonds is 8. The van der Waals surface area contributed by atoms with Gasteiger partial charge in [-0.05, 0) is 24.8 Å². The summed E-state index contributed by atoms with van der Waals surface area (Å²) in [6.45, 7) is 3.53. The zero-order chi connectivity index (χ0) is 15.9. The van der Waals surface area contributed by atoms with Crippen LogP contribution >= 0.6 is 0 Å². The molecule has 0 aromatic heterocycles. The average molecular weight is 302 g/mol. The number of hydrogen-bond donors (Lipinski definition) is 1. The lowest BCUT2D eigenvalue weighted by atomic mass is 10.1. The van der Waals surface area contributed by atoms with E-state index in [2.05, 4.69) is 24.4 Å². The summed E-state index contributed by atoms with van der Waals surface area (Å²) in [5, 5.41) is 2.95. The van der Waals surface area contributed by atoms with Gasteiger partial charge in [-0.25, -0.2) is 0 Å². The van der Waals surface area contributed by atoms with Crippen LogP contribution in [-0.4, -0.2) is 36.9 Å². The Bertz CT molecular complexity index is 501. The van der Waals surface area contributed by atoms with Gasteiger partial charge in [0.15, 0.2) is 0 Å². The second kappa shape index (κ2) is 7.97. The van der Waals surface area contributed by atoms with E-state index in [4.69, 9.17) is 0 Å². The Labute approximate surface area is 132 Å². The van der Waals surface area contributed by atoms with E-state index in [0.717, 1.165) is 25.8 Å². The van der Waals surface area contributed by atoms with Crippen LogP contribution in [0.4, 0.5) is 0 Å². The minimum absolute atomic E-state index is 0.0261. The summed E-state index contributed by atoms with van der Waals surface area (Å²) in [5.41, 5.74) is 1.21. The van der Waals surface area contributed by atoms with Gasteiger partial charge < -0.3 is 10.2 Å². The van der Waals surface area contributed by atoms with Crippen molar-refractivity contribution in [3.05, 3.63) is 35.9 Å². The Morgan fingerprint density at radius 2 is 1.95 bits per heavy atom. The summed E-state index contributed by atoms with van der Waals surface area (Å²) in [5.74, 6) is -0.0687. The molecule has 1 saturated carbocycles. The van der Waals surface area contributed by atoms with Gasteiger partial charge in [0.2, 0.25) is 11.8 Å². The van der Waals surface area contributed by atoms with E-state index in [1.54, 1.807) is 4.90 Å². The quantitative estimate of drug-likeness (QED) is 0.800. The Morgan fingerprint density at radius 3 is 2.64 bits per heavy atom. The summed E-state index contributed by atoms with van der Waals surface area (Å²) < 4.78 is 0. The van der Waals surface area contributed by atoms with Crippen LogP contribution in [0.2, 0.25) is 0 Å². The van der Waals surface area contributed by atoms with Crippen LogP contribution in [0.15, 0.2) is 30.3 Å². The minimum atomic E-state index is -0.118. The summed E-state index contributed by atoms with van der Waals surface area (Å²) in [6.07, 6.45) is 3.62. The predicted octanol–water partition coefficient (Wildman–Crippen LogP) is 2.24. The molecule has 0 radical (unpaired) electrons. The molecule has 4 nitrogen and oxygen atoms in total. The normalized spacial score (nSPS) is 19.5. The highest BCUT2D eigenvalue weighted by atomic mass is 16.2. The van der Waals surface area contributed by atoms with Gasteiger partial charge in [0.05, 0.1) is 11.8 Å². The number of nitrogens with zero attached hydrogens (tertiary/aromatic N) is 1. The minimum Gasteiger partial charge on any atom is -0.356 e. The monoisotopic (exact) mass is 302 g/mol. The highest BCUT2D eigenvalue weighted by molar-refractivity contribution is 5.92. The van der Waals surface area contributed by atoms with Crippen LogP contribution in [0.25, 0.3) is 0 Å². The molecule has 0 saturated heterocycles. The Hall–Kier alpha value is -1.84. The zero-order valence-electron chi connectivity index (χ0n) is 13.5. The molecule has 1 aliphatic carbocycles. The van der Waals surface area contributed by atoms with E-state index in [1.165, 1.54) is 5.56 Å². The van der Waals surface area contributed by atoms with E-state index in [9.17, 15) is 9.59 Å². The van der Waals surface area contributed by atoms with Crippen LogP contribution in [0, 0.1) is 11.8 Å². The largest absolute Gasteiger partial charge is 0.356 e. The maximum Gasteiger partial charge on any atom is 0.226 e. The number of carbonyl (C=O) groups is 2. The van der Waals surface area contributed by atoms with Crippen LogP contribution in [-0.2, 0) is 16.0 Å². The van der Waals surface area contributed by atoms with E-state index < -0.39 is 0 Å². The molecule has 2 unspecified atom stereocenters. The maximum atomic E-state index is 12.2. The van der Waals surface area contributed by atoms with Crippen molar-refractivity contribution in [3.8, 4) is 0 Å². The number of benzene rings is 1. The molecular weight excluding hydrogens is 276 g/mol. The lowest BCUT2D eigenvalue weighted by Gasteiger charge is -2.16. The molecule has 120 valence electrons. The fourth-order valence-electron chi connectivity index (χ4n) is 2.65. The van der Waals surface area contributed by atoms with E-state index in [1.807, 2.05) is 25.2 Å². The van der Waals surface area contributed by atoms with Crippen molar-refractivity contribution in [1.29, 1.82) is 0 Å². The molecule has 0 aliphatic heterocycles. The molecule has 0 spiro atoms. The highest BCUT2D eigenvalue weighted by Crippen LogP contribution is 2.39. The third-order valence-electron chi connectivity index (χ3n) is 4.22. The van der Waals surface area contributed by atoms with Crippen molar-refractivity contribution in [3.63, 3.8) is 0 Å². The van der Waals surface area contributed by atoms with Crippen molar-refractivity contribution >= 4 is 11.8 Å². The smallest absolute Gasteiger partial charge is 0.226 e. The predicted molar refractivity (Wildman–Crippen MR) is 87.3 cm³/mol. The van der Waals surface area contributed by atoms with Crippen molar-refractivity contribution in [1.82, 2.24) is 10.2 Å². The van der Waals surface area contributed by atoms with Crippen LogP contribution in [0.1, 0.15) is 31.7 Å². The fraction of sp³-hybridized carbons (Fsp3) is 0.556. The number of unbranched alkanes of at least 4 members (excludes halogenated alkanes) is 1. The molecule has 2 amide bonds. The van der Waals surface area contributed by atoms with Crippen LogP contribution in [0.3, 0.4) is 0 Å². The fourth-order valence-corrected chi connectivity index (χ4v) is 2.65. The van der Waals surface area contributed by atoms with Gasteiger partial charge in [-0.3, -0.25) is 9.59 Å². The lowest BCUT2D eigenvalue weighted by molar-refractivity contribution is -0.133. The summed E-state index contributed by atoms with van der Waals surface area (Å²) >= 11 is 0. The van der Waals surface area contributed by atoms with Gasteiger partial charge in [0.1, 0.15) is 0 Å². The Morgan fingerprint density at radius 1 is 1.23 bits per heavy atom. The first-order valence-electron chi connectivity index (χ1n) is 8.20. The standard InChI is InChI=1S/C18H26N2O2/c1-3-4-12-20(2)18(22)16-13-15(16)17(21)19-11-10-14-8-6-5-7-9-14/h5-9,15-16H,3-4,10-13H2,1-2H3,(H,19,21). The third-order valence-corrected chi connectivity index (χ3v) is 4.22. The SMILES string of the molecule is CCCCN(C)C(=O)C1CC1C(=O)NCCc1ccccc1. The molecule has 0 heterocycles. The molecule has 22 heavy (non-hydrogen) atoms. The van der Waals surface area contributed by atoms with Gasteiger partial charge in [0, 0.05) is 20.1 Å². The second-order valence-corrected chi connectivity index (χ2v) is 6.09. The van der Waals surface area contributed by atoms with E-state index in [0.29, 0.717) is 13.0 Å². The maximum absolute atomic E-state index is 12.2. The molecule has 1 aliphatic rings. The summed E-state index contributed by atoms with van der Waals surface area (Å²) in [6, 6.07) is 10.1. The molecular formula is C18H26N2O2. The van der Waals surface area contributed by atoms with Gasteiger partial charge in [-0.1, -0.05) is 43.7 Å². The van der Waals surface area contributed by atoms with Gasteiger partial charge in [-0.15, -0.1) is 0 Å². The van der Waals surface area contributed by atoms with E-state index in [-0.39, 0.29) is 23.7 Å². The Balaban J connectivity index is 1.68. The van der Waals surface area contributed by atoms with Crippen molar-refractivity contribution in [2.45, 2.75) is 32.6 Å². The van der Waals surface area contributed by atoms with Crippen molar-refractivity contribution in [2.24, 2.45) is 11.8 Å². The van der Waals surface area contributed by atoms with Crippen molar-refractivity contribution in [2.75, 3.05) is 20.1 Å². The molecule has 2 rings (SSSR count). The zero-order valence-corrected chi connectivity index (χ0v) is 13.5. The second-order valence-electron chi connectivity index (χ2n) is 6.09. The van der Waals surface area contributed by atoms with Gasteiger partial charge in [0.25, 0.3) is 0 Å². The third kappa shape index (κ3) is 4.58. The number of carbonyl (C=O) groups excluding carboxylic acids is 2. The molecule has 1 N–H and O–H groups in total. The van der Waals surface area contributed by atoms with Gasteiger partial charge in [-0.2, -0.15) is 0 Å². The first kappa shape index (κ1) is 16.5. The topological polar surface area (TPSA) is 49.4 Å².